The number of halogens is 1. The Morgan fingerprint density at radius 3 is 2.76 bits per heavy atom. The Kier molecular flexibility index (Phi) is 3.09. The minimum Gasteiger partial charge on any atom is -0.382 e. The van der Waals surface area contributed by atoms with Crippen LogP contribution in [0.5, 0.6) is 0 Å². The van der Waals surface area contributed by atoms with E-state index in [1.165, 1.54) is 16.8 Å². The summed E-state index contributed by atoms with van der Waals surface area (Å²) in [5, 5.41) is 13.6. The van der Waals surface area contributed by atoms with Gasteiger partial charge >= 0.3 is 0 Å². The van der Waals surface area contributed by atoms with Gasteiger partial charge in [-0.2, -0.15) is 10.4 Å². The smallest absolute Gasteiger partial charge is 0.145 e. The van der Waals surface area contributed by atoms with Crippen molar-refractivity contribution in [1.82, 2.24) is 14.8 Å². The molecule has 0 unspecified atom stereocenters. The number of pyridine rings is 1. The first-order valence-corrected chi connectivity index (χ1v) is 6.15. The van der Waals surface area contributed by atoms with Crippen molar-refractivity contribution >= 4 is 5.82 Å². The van der Waals surface area contributed by atoms with E-state index >= 15 is 0 Å². The van der Waals surface area contributed by atoms with E-state index in [1.54, 1.807) is 36.7 Å². The fraction of sp³-hybridized carbons (Fsp3) is 0. The number of benzene rings is 1. The fourth-order valence-corrected chi connectivity index (χ4v) is 2.06. The maximum atomic E-state index is 13.4. The third kappa shape index (κ3) is 2.21. The van der Waals surface area contributed by atoms with E-state index in [4.69, 9.17) is 5.73 Å². The predicted octanol–water partition coefficient (Wildman–Crippen LogP) is 2.53. The normalized spacial score (nSPS) is 10.3. The molecule has 2 aromatic heterocycles. The Bertz CT molecular complexity index is 833. The number of hydrogen-bond donors (Lipinski definition) is 1. The highest BCUT2D eigenvalue weighted by Gasteiger charge is 2.18. The van der Waals surface area contributed by atoms with Crippen LogP contribution in [-0.2, 0) is 0 Å². The Balaban J connectivity index is 2.22. The van der Waals surface area contributed by atoms with Gasteiger partial charge in [0.15, 0.2) is 0 Å². The zero-order valence-corrected chi connectivity index (χ0v) is 10.9. The highest BCUT2D eigenvalue weighted by atomic mass is 19.1. The van der Waals surface area contributed by atoms with E-state index in [2.05, 4.69) is 10.1 Å². The van der Waals surface area contributed by atoms with E-state index in [-0.39, 0.29) is 11.4 Å². The van der Waals surface area contributed by atoms with Gasteiger partial charge in [-0.25, -0.2) is 9.07 Å². The molecule has 6 heteroatoms. The number of nitrogen functional groups attached to an aromatic ring is 1. The molecule has 0 amide bonds. The molecule has 0 aliphatic rings. The first kappa shape index (κ1) is 12.8. The molecule has 0 aliphatic heterocycles. The Labute approximate surface area is 120 Å². The zero-order chi connectivity index (χ0) is 14.8. The summed E-state index contributed by atoms with van der Waals surface area (Å²) >= 11 is 0. The Morgan fingerprint density at radius 2 is 2.10 bits per heavy atom. The van der Waals surface area contributed by atoms with Gasteiger partial charge in [-0.3, -0.25) is 4.98 Å². The Morgan fingerprint density at radius 1 is 1.24 bits per heavy atom. The van der Waals surface area contributed by atoms with Gasteiger partial charge in [-0.05, 0) is 24.3 Å². The van der Waals surface area contributed by atoms with Crippen molar-refractivity contribution in [3.8, 4) is 23.0 Å². The van der Waals surface area contributed by atoms with Crippen LogP contribution in [0.4, 0.5) is 10.2 Å². The highest BCUT2D eigenvalue weighted by Crippen LogP contribution is 2.28. The third-order valence-corrected chi connectivity index (χ3v) is 3.02. The van der Waals surface area contributed by atoms with Crippen molar-refractivity contribution < 1.29 is 4.39 Å². The number of anilines is 1. The second-order valence-corrected chi connectivity index (χ2v) is 4.35. The largest absolute Gasteiger partial charge is 0.382 e. The number of nitriles is 1. The molecule has 1 aromatic carbocycles. The molecule has 102 valence electrons. The lowest BCUT2D eigenvalue weighted by Gasteiger charge is -2.01. The quantitative estimate of drug-likeness (QED) is 0.781. The van der Waals surface area contributed by atoms with Crippen molar-refractivity contribution in [2.45, 2.75) is 0 Å². The molecule has 0 atom stereocenters. The fourth-order valence-electron chi connectivity index (χ4n) is 2.06. The first-order valence-electron chi connectivity index (χ1n) is 6.15. The van der Waals surface area contributed by atoms with Crippen molar-refractivity contribution in [2.24, 2.45) is 0 Å². The molecule has 0 spiro atoms. The van der Waals surface area contributed by atoms with Gasteiger partial charge in [0.1, 0.15) is 29.0 Å². The van der Waals surface area contributed by atoms with Crippen LogP contribution >= 0.6 is 0 Å². The van der Waals surface area contributed by atoms with Crippen LogP contribution in [0, 0.1) is 17.1 Å². The topological polar surface area (TPSA) is 80.5 Å². The minimum absolute atomic E-state index is 0.199. The molecule has 3 aromatic rings. The van der Waals surface area contributed by atoms with Crippen LogP contribution in [0.2, 0.25) is 0 Å². The summed E-state index contributed by atoms with van der Waals surface area (Å²) in [6.07, 6.45) is 3.21. The molecule has 0 aliphatic carbocycles. The summed E-state index contributed by atoms with van der Waals surface area (Å²) in [5.41, 5.74) is 7.67. The molecule has 0 fully saturated rings. The summed E-state index contributed by atoms with van der Waals surface area (Å²) in [4.78, 5) is 3.99. The molecule has 0 bridgehead atoms. The highest BCUT2D eigenvalue weighted by molar-refractivity contribution is 5.73. The average Bonchev–Trinajstić information content (AvgIpc) is 2.85. The van der Waals surface area contributed by atoms with Gasteiger partial charge < -0.3 is 5.73 Å². The Hall–Kier alpha value is -3.20. The van der Waals surface area contributed by atoms with Crippen molar-refractivity contribution in [2.75, 3.05) is 5.73 Å². The van der Waals surface area contributed by atoms with Gasteiger partial charge in [0, 0.05) is 11.8 Å². The number of rotatable bonds is 2. The van der Waals surface area contributed by atoms with Crippen LogP contribution in [0.25, 0.3) is 16.9 Å². The van der Waals surface area contributed by atoms with E-state index in [9.17, 15) is 9.65 Å². The summed E-state index contributed by atoms with van der Waals surface area (Å²) in [6.45, 7) is 0. The van der Waals surface area contributed by atoms with Gasteiger partial charge in [0.25, 0.3) is 0 Å². The summed E-state index contributed by atoms with van der Waals surface area (Å²) < 4.78 is 14.8. The standard InChI is InChI=1S/C15H10FN5/c16-11-4-1-3-10(7-11)14-13(8-17)15(18)21(20-14)12-5-2-6-19-9-12/h1-7,9H,18H2. The summed E-state index contributed by atoms with van der Waals surface area (Å²) in [6, 6.07) is 11.4. The molecule has 0 saturated heterocycles. The minimum atomic E-state index is -0.397. The number of hydrogen-bond acceptors (Lipinski definition) is 4. The van der Waals surface area contributed by atoms with Gasteiger partial charge in [-0.15, -0.1) is 0 Å². The molecular weight excluding hydrogens is 269 g/mol. The van der Waals surface area contributed by atoms with Crippen LogP contribution in [0.1, 0.15) is 5.56 Å². The molecule has 3 rings (SSSR count). The number of nitrogens with two attached hydrogens (primary N) is 1. The summed E-state index contributed by atoms with van der Waals surface area (Å²) in [5.74, 6) is -0.198. The van der Waals surface area contributed by atoms with Crippen molar-refractivity contribution in [3.05, 3.63) is 60.2 Å². The lowest BCUT2D eigenvalue weighted by atomic mass is 10.1. The molecule has 0 radical (unpaired) electrons. The molecule has 21 heavy (non-hydrogen) atoms. The molecule has 2 N–H and O–H groups in total. The SMILES string of the molecule is N#Cc1c(-c2cccc(F)c2)nn(-c2cccnc2)c1N. The van der Waals surface area contributed by atoms with E-state index in [1.807, 2.05) is 6.07 Å². The van der Waals surface area contributed by atoms with E-state index < -0.39 is 5.82 Å². The maximum Gasteiger partial charge on any atom is 0.145 e. The average molecular weight is 279 g/mol. The van der Waals surface area contributed by atoms with Crippen LogP contribution in [-0.4, -0.2) is 14.8 Å². The lowest BCUT2D eigenvalue weighted by Crippen LogP contribution is -2.02. The monoisotopic (exact) mass is 279 g/mol. The molecule has 5 nitrogen and oxygen atoms in total. The first-order chi connectivity index (χ1) is 10.2. The predicted molar refractivity (Wildman–Crippen MR) is 75.9 cm³/mol. The molecule has 0 saturated carbocycles. The number of aromatic nitrogens is 3. The van der Waals surface area contributed by atoms with Gasteiger partial charge in [-0.1, -0.05) is 12.1 Å². The van der Waals surface area contributed by atoms with E-state index in [0.29, 0.717) is 16.9 Å². The van der Waals surface area contributed by atoms with Gasteiger partial charge in [0.2, 0.25) is 0 Å². The number of nitrogens with zero attached hydrogens (tertiary/aromatic N) is 4. The lowest BCUT2D eigenvalue weighted by molar-refractivity contribution is 0.628. The van der Waals surface area contributed by atoms with Crippen LogP contribution in [0.3, 0.4) is 0 Å². The zero-order valence-electron chi connectivity index (χ0n) is 10.9. The maximum absolute atomic E-state index is 13.4. The van der Waals surface area contributed by atoms with Crippen LogP contribution < -0.4 is 5.73 Å². The second kappa shape index (κ2) is 5.06. The second-order valence-electron chi connectivity index (χ2n) is 4.35. The van der Waals surface area contributed by atoms with Crippen molar-refractivity contribution in [1.29, 1.82) is 5.26 Å². The van der Waals surface area contributed by atoms with Gasteiger partial charge in [0.05, 0.1) is 11.9 Å². The third-order valence-electron chi connectivity index (χ3n) is 3.02. The molecular formula is C15H10FN5. The van der Waals surface area contributed by atoms with Crippen molar-refractivity contribution in [3.63, 3.8) is 0 Å². The molecule has 2 heterocycles. The summed E-state index contributed by atoms with van der Waals surface area (Å²) in [7, 11) is 0. The van der Waals surface area contributed by atoms with E-state index in [0.717, 1.165) is 0 Å². The van der Waals surface area contributed by atoms with Crippen LogP contribution in [0.15, 0.2) is 48.8 Å².